The summed E-state index contributed by atoms with van der Waals surface area (Å²) in [5.41, 5.74) is 3.34. The normalized spacial score (nSPS) is 10.7. The third-order valence-corrected chi connectivity index (χ3v) is 5.79. The van der Waals surface area contributed by atoms with E-state index >= 15 is 0 Å². The molecule has 0 spiro atoms. The molecule has 0 saturated carbocycles. The van der Waals surface area contributed by atoms with Gasteiger partial charge in [0.1, 0.15) is 11.5 Å². The maximum atomic E-state index is 12.6. The summed E-state index contributed by atoms with van der Waals surface area (Å²) in [6.45, 7) is 2.06. The molecule has 2 N–H and O–H groups in total. The molecule has 0 aliphatic carbocycles. The second-order valence-electron chi connectivity index (χ2n) is 7.13. The molecule has 3 rings (SSSR count). The molecule has 11 heteroatoms. The number of esters is 1. The average Bonchev–Trinajstić information content (AvgIpc) is 2.86. The minimum atomic E-state index is -0.567. The molecule has 0 aliphatic rings. The molecular weight excluding hydrogens is 573 g/mol. The van der Waals surface area contributed by atoms with Gasteiger partial charge in [-0.25, -0.2) is 10.2 Å². The quantitative estimate of drug-likeness (QED) is 0.153. The fourth-order valence-corrected chi connectivity index (χ4v) is 3.52. The van der Waals surface area contributed by atoms with Gasteiger partial charge >= 0.3 is 5.97 Å². The minimum Gasteiger partial charge on any atom is -0.494 e. The van der Waals surface area contributed by atoms with Gasteiger partial charge in [0.05, 0.1) is 35.0 Å². The lowest BCUT2D eigenvalue weighted by atomic mass is 10.2. The predicted octanol–water partition coefficient (Wildman–Crippen LogP) is 5.25. The van der Waals surface area contributed by atoms with Gasteiger partial charge in [-0.05, 0) is 67.6 Å². The summed E-state index contributed by atoms with van der Waals surface area (Å²) < 4.78 is 11.6. The van der Waals surface area contributed by atoms with E-state index in [4.69, 9.17) is 32.7 Å². The summed E-state index contributed by atoms with van der Waals surface area (Å²) >= 11 is 15.1. The average molecular weight is 593 g/mol. The van der Waals surface area contributed by atoms with Crippen LogP contribution in [0.2, 0.25) is 10.0 Å². The number of ether oxygens (including phenoxy) is 2. The number of amides is 2. The first-order valence-corrected chi connectivity index (χ1v) is 12.1. The van der Waals surface area contributed by atoms with Crippen molar-refractivity contribution in [3.8, 4) is 11.5 Å². The van der Waals surface area contributed by atoms with E-state index in [-0.39, 0.29) is 22.9 Å². The van der Waals surface area contributed by atoms with Crippen LogP contribution < -0.4 is 20.2 Å². The second kappa shape index (κ2) is 13.1. The van der Waals surface area contributed by atoms with Crippen LogP contribution in [0, 0.1) is 0 Å². The van der Waals surface area contributed by atoms with Crippen molar-refractivity contribution in [1.82, 2.24) is 10.7 Å². The first-order chi connectivity index (χ1) is 17.3. The van der Waals surface area contributed by atoms with Gasteiger partial charge in [0.15, 0.2) is 0 Å². The number of carbonyl (C=O) groups is 3. The molecule has 2 amide bonds. The Labute approximate surface area is 225 Å². The van der Waals surface area contributed by atoms with E-state index in [1.165, 1.54) is 24.4 Å². The van der Waals surface area contributed by atoms with Crippen LogP contribution in [0.1, 0.15) is 33.2 Å². The van der Waals surface area contributed by atoms with Crippen LogP contribution in [-0.2, 0) is 4.79 Å². The predicted molar refractivity (Wildman–Crippen MR) is 141 cm³/mol. The van der Waals surface area contributed by atoms with Crippen molar-refractivity contribution in [3.05, 3.63) is 91.9 Å². The van der Waals surface area contributed by atoms with Gasteiger partial charge in [0.2, 0.25) is 0 Å². The van der Waals surface area contributed by atoms with Crippen LogP contribution in [0.5, 0.6) is 11.5 Å². The summed E-state index contributed by atoms with van der Waals surface area (Å²) in [7, 11) is 0. The first kappa shape index (κ1) is 27.2. The van der Waals surface area contributed by atoms with Crippen molar-refractivity contribution in [2.75, 3.05) is 13.2 Å². The van der Waals surface area contributed by atoms with E-state index in [2.05, 4.69) is 31.8 Å². The van der Waals surface area contributed by atoms with Gasteiger partial charge in [0.25, 0.3) is 11.8 Å². The number of halogens is 3. The van der Waals surface area contributed by atoms with Gasteiger partial charge in [-0.1, -0.05) is 39.1 Å². The fraction of sp³-hybridized carbons (Fsp3) is 0.120. The molecular formula is C25H20BrCl2N3O5. The standard InChI is InChI=1S/C25H20BrCl2N3O5/c1-2-35-19-7-3-15(4-8-19)25(34)36-22-10-6-18(26)11-17(22)13-30-31-23(32)14-29-24(33)16-5-9-20(27)21(28)12-16/h3-13H,2,14H2,1H3,(H,29,33)(H,31,32). The van der Waals surface area contributed by atoms with E-state index in [0.29, 0.717) is 33.0 Å². The topological polar surface area (TPSA) is 106 Å². The number of carbonyl (C=O) groups excluding carboxylic acids is 3. The number of hydrogen-bond acceptors (Lipinski definition) is 6. The Kier molecular flexibility index (Phi) is 9.86. The molecule has 0 radical (unpaired) electrons. The van der Waals surface area contributed by atoms with Gasteiger partial charge in [0, 0.05) is 15.6 Å². The lowest BCUT2D eigenvalue weighted by molar-refractivity contribution is -0.120. The summed E-state index contributed by atoms with van der Waals surface area (Å²) in [5.74, 6) is -0.743. The van der Waals surface area contributed by atoms with Gasteiger partial charge < -0.3 is 14.8 Å². The molecule has 0 aliphatic heterocycles. The lowest BCUT2D eigenvalue weighted by Gasteiger charge is -2.09. The molecule has 36 heavy (non-hydrogen) atoms. The minimum absolute atomic E-state index is 0.228. The van der Waals surface area contributed by atoms with E-state index in [9.17, 15) is 14.4 Å². The SMILES string of the molecule is CCOc1ccc(C(=O)Oc2ccc(Br)cc2C=NNC(=O)CNC(=O)c2ccc(Cl)c(Cl)c2)cc1. The van der Waals surface area contributed by atoms with Crippen molar-refractivity contribution in [2.45, 2.75) is 6.92 Å². The summed E-state index contributed by atoms with van der Waals surface area (Å²) in [4.78, 5) is 36.8. The molecule has 186 valence electrons. The summed E-state index contributed by atoms with van der Waals surface area (Å²) in [6.07, 6.45) is 1.32. The van der Waals surface area contributed by atoms with Crippen molar-refractivity contribution >= 4 is 63.1 Å². The highest BCUT2D eigenvalue weighted by Gasteiger charge is 2.13. The Morgan fingerprint density at radius 3 is 2.39 bits per heavy atom. The third kappa shape index (κ3) is 7.81. The van der Waals surface area contributed by atoms with Crippen molar-refractivity contribution in [3.63, 3.8) is 0 Å². The van der Waals surface area contributed by atoms with Crippen LogP contribution in [-0.4, -0.2) is 37.1 Å². The Balaban J connectivity index is 1.58. The number of rotatable bonds is 9. The van der Waals surface area contributed by atoms with Gasteiger partial charge in [-0.3, -0.25) is 9.59 Å². The van der Waals surface area contributed by atoms with Crippen LogP contribution in [0.3, 0.4) is 0 Å². The van der Waals surface area contributed by atoms with Crippen LogP contribution in [0.15, 0.2) is 70.2 Å². The maximum Gasteiger partial charge on any atom is 0.343 e. The Morgan fingerprint density at radius 1 is 0.972 bits per heavy atom. The number of nitrogens with zero attached hydrogens (tertiary/aromatic N) is 1. The molecule has 8 nitrogen and oxygen atoms in total. The maximum absolute atomic E-state index is 12.6. The van der Waals surface area contributed by atoms with Gasteiger partial charge in [-0.2, -0.15) is 5.10 Å². The largest absolute Gasteiger partial charge is 0.494 e. The zero-order chi connectivity index (χ0) is 26.1. The van der Waals surface area contributed by atoms with Crippen LogP contribution >= 0.6 is 39.1 Å². The van der Waals surface area contributed by atoms with Crippen molar-refractivity contribution in [1.29, 1.82) is 0 Å². The van der Waals surface area contributed by atoms with Crippen LogP contribution in [0.25, 0.3) is 0 Å². The number of nitrogens with one attached hydrogen (secondary N) is 2. The van der Waals surface area contributed by atoms with E-state index < -0.39 is 17.8 Å². The van der Waals surface area contributed by atoms with Crippen molar-refractivity contribution < 1.29 is 23.9 Å². The number of benzene rings is 3. The zero-order valence-electron chi connectivity index (χ0n) is 18.9. The summed E-state index contributed by atoms with van der Waals surface area (Å²) in [5, 5.41) is 6.89. The Bertz CT molecular complexity index is 1300. The molecule has 0 fully saturated rings. The molecule has 0 heterocycles. The van der Waals surface area contributed by atoms with E-state index in [1.54, 1.807) is 42.5 Å². The first-order valence-electron chi connectivity index (χ1n) is 10.6. The second-order valence-corrected chi connectivity index (χ2v) is 8.86. The molecule has 0 atom stereocenters. The van der Waals surface area contributed by atoms with Crippen molar-refractivity contribution in [2.24, 2.45) is 5.10 Å². The number of hydrogen-bond donors (Lipinski definition) is 2. The highest BCUT2D eigenvalue weighted by atomic mass is 79.9. The molecule has 3 aromatic rings. The van der Waals surface area contributed by atoms with Gasteiger partial charge in [-0.15, -0.1) is 0 Å². The molecule has 0 bridgehead atoms. The summed E-state index contributed by atoms with van der Waals surface area (Å²) in [6, 6.07) is 15.9. The van der Waals surface area contributed by atoms with Crippen LogP contribution in [0.4, 0.5) is 0 Å². The van der Waals surface area contributed by atoms with E-state index in [0.717, 1.165) is 0 Å². The molecule has 0 unspecified atom stereocenters. The Hall–Kier alpha value is -3.40. The molecule has 0 aromatic heterocycles. The smallest absolute Gasteiger partial charge is 0.343 e. The Morgan fingerprint density at radius 2 is 1.69 bits per heavy atom. The fourth-order valence-electron chi connectivity index (χ4n) is 2.84. The number of hydrazone groups is 1. The van der Waals surface area contributed by atoms with E-state index in [1.807, 2.05) is 6.92 Å². The molecule has 3 aromatic carbocycles. The highest BCUT2D eigenvalue weighted by Crippen LogP contribution is 2.24. The monoisotopic (exact) mass is 591 g/mol. The zero-order valence-corrected chi connectivity index (χ0v) is 22.0. The molecule has 0 saturated heterocycles. The highest BCUT2D eigenvalue weighted by molar-refractivity contribution is 9.10. The third-order valence-electron chi connectivity index (χ3n) is 4.56. The lowest BCUT2D eigenvalue weighted by Crippen LogP contribution is -2.34.